The lowest BCUT2D eigenvalue weighted by atomic mass is 9.95. The summed E-state index contributed by atoms with van der Waals surface area (Å²) in [5.74, 6) is 0.138. The molecule has 1 aliphatic carbocycles. The number of amides is 1. The van der Waals surface area contributed by atoms with Crippen molar-refractivity contribution in [3.8, 4) is 0 Å². The number of hydrogen-bond acceptors (Lipinski definition) is 4. The van der Waals surface area contributed by atoms with Crippen molar-refractivity contribution in [2.45, 2.75) is 70.7 Å². The molecule has 122 valence electrons. The van der Waals surface area contributed by atoms with Crippen LogP contribution >= 0.6 is 0 Å². The first-order valence-corrected chi connectivity index (χ1v) is 8.38. The molecule has 0 spiro atoms. The molecule has 1 aromatic heterocycles. The summed E-state index contributed by atoms with van der Waals surface area (Å²) in [7, 11) is 0. The Morgan fingerprint density at radius 3 is 2.91 bits per heavy atom. The molecule has 0 radical (unpaired) electrons. The zero-order valence-electron chi connectivity index (χ0n) is 13.3. The van der Waals surface area contributed by atoms with Crippen molar-refractivity contribution in [3.63, 3.8) is 0 Å². The van der Waals surface area contributed by atoms with E-state index in [0.717, 1.165) is 31.6 Å². The number of aliphatic hydroxyl groups is 1. The highest BCUT2D eigenvalue weighted by Gasteiger charge is 2.31. The second kappa shape index (κ2) is 6.79. The van der Waals surface area contributed by atoms with E-state index in [1.165, 1.54) is 24.8 Å². The van der Waals surface area contributed by atoms with Crippen LogP contribution in [0.15, 0.2) is 6.20 Å². The maximum atomic E-state index is 12.5. The van der Waals surface area contributed by atoms with Crippen LogP contribution in [0.25, 0.3) is 0 Å². The number of carbonyl (C=O) groups excluding carboxylic acids is 1. The Labute approximate surface area is 131 Å². The largest absolute Gasteiger partial charge is 0.394 e. The van der Waals surface area contributed by atoms with Crippen molar-refractivity contribution >= 4 is 5.91 Å². The molecule has 1 aromatic rings. The number of aliphatic hydroxyl groups excluding tert-OH is 1. The van der Waals surface area contributed by atoms with Crippen LogP contribution < -0.4 is 5.32 Å². The van der Waals surface area contributed by atoms with Crippen molar-refractivity contribution in [2.75, 3.05) is 6.61 Å². The van der Waals surface area contributed by atoms with Gasteiger partial charge in [0.05, 0.1) is 31.1 Å². The van der Waals surface area contributed by atoms with Gasteiger partial charge in [0.25, 0.3) is 0 Å². The molecule has 0 aromatic carbocycles. The molecule has 1 aliphatic heterocycles. The Hall–Kier alpha value is -1.40. The maximum Gasteiger partial charge on any atom is 0.237 e. The van der Waals surface area contributed by atoms with E-state index in [4.69, 9.17) is 5.11 Å². The van der Waals surface area contributed by atoms with E-state index >= 15 is 0 Å². The van der Waals surface area contributed by atoms with Gasteiger partial charge in [0, 0.05) is 24.7 Å². The normalized spacial score (nSPS) is 20.8. The number of carbonyl (C=O) groups is 1. The van der Waals surface area contributed by atoms with Crippen LogP contribution in [-0.4, -0.2) is 44.4 Å². The SMILES string of the molecule is C[C@H](C(=O)NC1CCCCC1)N1Cc2cnn(CCO)c2C1. The van der Waals surface area contributed by atoms with E-state index in [0.29, 0.717) is 12.6 Å². The van der Waals surface area contributed by atoms with Gasteiger partial charge in [-0.25, -0.2) is 0 Å². The van der Waals surface area contributed by atoms with Gasteiger partial charge in [0.15, 0.2) is 0 Å². The van der Waals surface area contributed by atoms with Gasteiger partial charge in [-0.15, -0.1) is 0 Å². The van der Waals surface area contributed by atoms with E-state index < -0.39 is 0 Å². The van der Waals surface area contributed by atoms with Crippen LogP contribution in [0.3, 0.4) is 0 Å². The van der Waals surface area contributed by atoms with Gasteiger partial charge in [-0.05, 0) is 19.8 Å². The maximum absolute atomic E-state index is 12.5. The van der Waals surface area contributed by atoms with E-state index in [1.807, 2.05) is 17.8 Å². The smallest absolute Gasteiger partial charge is 0.237 e. The highest BCUT2D eigenvalue weighted by Crippen LogP contribution is 2.25. The fourth-order valence-corrected chi connectivity index (χ4v) is 3.53. The number of rotatable bonds is 5. The summed E-state index contributed by atoms with van der Waals surface area (Å²) in [4.78, 5) is 14.6. The molecular weight excluding hydrogens is 280 g/mol. The van der Waals surface area contributed by atoms with Crippen molar-refractivity contribution in [1.29, 1.82) is 0 Å². The van der Waals surface area contributed by atoms with Crippen molar-refractivity contribution < 1.29 is 9.90 Å². The third-order valence-corrected chi connectivity index (χ3v) is 4.95. The average molecular weight is 306 g/mol. The Bertz CT molecular complexity index is 522. The predicted molar refractivity (Wildman–Crippen MR) is 83.0 cm³/mol. The Balaban J connectivity index is 1.57. The molecule has 0 bridgehead atoms. The van der Waals surface area contributed by atoms with Gasteiger partial charge in [0.1, 0.15) is 0 Å². The summed E-state index contributed by atoms with van der Waals surface area (Å²) in [6.45, 7) is 4.08. The third-order valence-electron chi connectivity index (χ3n) is 4.95. The lowest BCUT2D eigenvalue weighted by Gasteiger charge is -2.28. The summed E-state index contributed by atoms with van der Waals surface area (Å²) in [5.41, 5.74) is 2.30. The van der Waals surface area contributed by atoms with Crippen LogP contribution in [0.1, 0.15) is 50.3 Å². The molecule has 22 heavy (non-hydrogen) atoms. The molecule has 6 heteroatoms. The second-order valence-electron chi connectivity index (χ2n) is 6.49. The van der Waals surface area contributed by atoms with Crippen LogP contribution in [0.5, 0.6) is 0 Å². The second-order valence-corrected chi connectivity index (χ2v) is 6.49. The van der Waals surface area contributed by atoms with Gasteiger partial charge in [0.2, 0.25) is 5.91 Å². The molecule has 1 amide bonds. The van der Waals surface area contributed by atoms with Gasteiger partial charge in [-0.1, -0.05) is 19.3 Å². The molecule has 6 nitrogen and oxygen atoms in total. The molecule has 1 saturated carbocycles. The fraction of sp³-hybridized carbons (Fsp3) is 0.750. The molecule has 0 saturated heterocycles. The molecule has 1 atom stereocenters. The van der Waals surface area contributed by atoms with Gasteiger partial charge in [-0.3, -0.25) is 14.4 Å². The molecule has 2 aliphatic rings. The highest BCUT2D eigenvalue weighted by molar-refractivity contribution is 5.81. The lowest BCUT2D eigenvalue weighted by Crippen LogP contribution is -2.47. The van der Waals surface area contributed by atoms with Gasteiger partial charge in [-0.2, -0.15) is 5.10 Å². The zero-order valence-corrected chi connectivity index (χ0v) is 13.3. The molecule has 0 unspecified atom stereocenters. The minimum absolute atomic E-state index is 0.0891. The predicted octanol–water partition coefficient (Wildman–Crippen LogP) is 1.03. The fourth-order valence-electron chi connectivity index (χ4n) is 3.53. The first-order chi connectivity index (χ1) is 10.7. The standard InChI is InChI=1S/C16H26N4O2/c1-12(16(22)18-14-5-3-2-4-6-14)19-10-13-9-17-20(7-8-21)15(13)11-19/h9,12,14,21H,2-8,10-11H2,1H3,(H,18,22)/t12-/m1/s1. The van der Waals surface area contributed by atoms with Crippen LogP contribution in [-0.2, 0) is 24.4 Å². The highest BCUT2D eigenvalue weighted by atomic mass is 16.3. The average Bonchev–Trinajstić information content (AvgIpc) is 3.10. The van der Waals surface area contributed by atoms with Gasteiger partial charge >= 0.3 is 0 Å². The van der Waals surface area contributed by atoms with Crippen LogP contribution in [0.2, 0.25) is 0 Å². The molecule has 2 N–H and O–H groups in total. The van der Waals surface area contributed by atoms with Crippen molar-refractivity contribution in [2.24, 2.45) is 0 Å². The van der Waals surface area contributed by atoms with Gasteiger partial charge < -0.3 is 10.4 Å². The number of aromatic nitrogens is 2. The van der Waals surface area contributed by atoms with E-state index in [9.17, 15) is 4.79 Å². The molecule has 2 heterocycles. The molecule has 1 fully saturated rings. The summed E-state index contributed by atoms with van der Waals surface area (Å²) in [6.07, 6.45) is 7.84. The molecule has 3 rings (SSSR count). The summed E-state index contributed by atoms with van der Waals surface area (Å²) in [6, 6.07) is 0.232. The third kappa shape index (κ3) is 3.17. The van der Waals surface area contributed by atoms with Crippen LogP contribution in [0, 0.1) is 0 Å². The summed E-state index contributed by atoms with van der Waals surface area (Å²) < 4.78 is 1.85. The Kier molecular flexibility index (Phi) is 4.78. The van der Waals surface area contributed by atoms with Crippen LogP contribution in [0.4, 0.5) is 0 Å². The topological polar surface area (TPSA) is 70.4 Å². The zero-order chi connectivity index (χ0) is 15.5. The Morgan fingerprint density at radius 1 is 1.41 bits per heavy atom. The van der Waals surface area contributed by atoms with E-state index in [2.05, 4.69) is 15.3 Å². The number of hydrogen-bond donors (Lipinski definition) is 2. The van der Waals surface area contributed by atoms with E-state index in [-0.39, 0.29) is 18.6 Å². The Morgan fingerprint density at radius 2 is 2.18 bits per heavy atom. The summed E-state index contributed by atoms with van der Waals surface area (Å²) in [5, 5.41) is 16.6. The number of nitrogens with zero attached hydrogens (tertiary/aromatic N) is 3. The van der Waals surface area contributed by atoms with Crippen molar-refractivity contribution in [3.05, 3.63) is 17.5 Å². The molecular formula is C16H26N4O2. The van der Waals surface area contributed by atoms with E-state index in [1.54, 1.807) is 0 Å². The number of nitrogens with one attached hydrogen (secondary N) is 1. The quantitative estimate of drug-likeness (QED) is 0.852. The number of fused-ring (bicyclic) bond motifs is 1. The minimum Gasteiger partial charge on any atom is -0.394 e. The monoisotopic (exact) mass is 306 g/mol. The minimum atomic E-state index is -0.128. The first kappa shape index (κ1) is 15.5. The van der Waals surface area contributed by atoms with Crippen molar-refractivity contribution in [1.82, 2.24) is 20.0 Å². The summed E-state index contributed by atoms with van der Waals surface area (Å²) >= 11 is 0. The first-order valence-electron chi connectivity index (χ1n) is 8.38. The lowest BCUT2D eigenvalue weighted by molar-refractivity contribution is -0.127.